The van der Waals surface area contributed by atoms with Gasteiger partial charge in [-0.25, -0.2) is 9.67 Å². The molecule has 2 aromatic heterocycles. The molecule has 0 radical (unpaired) electrons. The van der Waals surface area contributed by atoms with Crippen LogP contribution in [0.15, 0.2) is 51.2 Å². The molecule has 0 aliphatic heterocycles. The molecule has 7 heteroatoms. The molecule has 2 heterocycles. The summed E-state index contributed by atoms with van der Waals surface area (Å²) in [5.74, 6) is 0. The number of hydrogen-bond donors (Lipinski definition) is 1. The van der Waals surface area contributed by atoms with Crippen molar-refractivity contribution < 1.29 is 5.11 Å². The van der Waals surface area contributed by atoms with Gasteiger partial charge in [0.05, 0.1) is 22.7 Å². The Balaban J connectivity index is 1.73. The molecule has 1 saturated carbocycles. The number of aliphatic hydroxyl groups is 1. The summed E-state index contributed by atoms with van der Waals surface area (Å²) in [5.41, 5.74) is 1.49. The van der Waals surface area contributed by atoms with E-state index < -0.39 is 5.60 Å². The summed E-state index contributed by atoms with van der Waals surface area (Å²) in [6, 6.07) is 13.2. The molecule has 1 aliphatic carbocycles. The van der Waals surface area contributed by atoms with Gasteiger partial charge in [-0.3, -0.25) is 4.79 Å². The smallest absolute Gasteiger partial charge is 0.266 e. The fourth-order valence-electron chi connectivity index (χ4n) is 3.59. The molecule has 1 aliphatic rings. The fourth-order valence-corrected chi connectivity index (χ4v) is 5.03. The van der Waals surface area contributed by atoms with Gasteiger partial charge in [-0.1, -0.05) is 49.6 Å². The minimum atomic E-state index is -0.843. The minimum absolute atomic E-state index is 0.192. The van der Waals surface area contributed by atoms with Crippen molar-refractivity contribution in [2.24, 2.45) is 0 Å². The van der Waals surface area contributed by atoms with E-state index in [0.717, 1.165) is 39.3 Å². The van der Waals surface area contributed by atoms with Gasteiger partial charge in [0.25, 0.3) is 5.56 Å². The Kier molecular flexibility index (Phi) is 5.25. The van der Waals surface area contributed by atoms with E-state index in [2.05, 4.69) is 26.0 Å². The maximum atomic E-state index is 12.3. The Labute approximate surface area is 169 Å². The first-order chi connectivity index (χ1) is 13.0. The summed E-state index contributed by atoms with van der Waals surface area (Å²) >= 11 is 4.96. The number of hydrogen-bond acceptors (Lipinski definition) is 5. The van der Waals surface area contributed by atoms with E-state index in [-0.39, 0.29) is 12.1 Å². The van der Waals surface area contributed by atoms with Crippen LogP contribution < -0.4 is 5.56 Å². The lowest BCUT2D eigenvalue weighted by Gasteiger charge is -2.31. The summed E-state index contributed by atoms with van der Waals surface area (Å²) in [6.45, 7) is 0.236. The normalized spacial score (nSPS) is 16.4. The van der Waals surface area contributed by atoms with Gasteiger partial charge in [0.2, 0.25) is 0 Å². The highest BCUT2D eigenvalue weighted by Crippen LogP contribution is 2.37. The quantitative estimate of drug-likeness (QED) is 0.641. The topological polar surface area (TPSA) is 68.0 Å². The van der Waals surface area contributed by atoms with Crippen LogP contribution in [0.3, 0.4) is 0 Å². The van der Waals surface area contributed by atoms with Crippen molar-refractivity contribution in [1.82, 2.24) is 14.8 Å². The van der Waals surface area contributed by atoms with Gasteiger partial charge in [-0.15, -0.1) is 11.3 Å². The summed E-state index contributed by atoms with van der Waals surface area (Å²) in [4.78, 5) is 17.8. The van der Waals surface area contributed by atoms with Gasteiger partial charge in [0.1, 0.15) is 5.69 Å². The molecule has 0 unspecified atom stereocenters. The van der Waals surface area contributed by atoms with Crippen LogP contribution in [0, 0.1) is 0 Å². The largest absolute Gasteiger partial charge is 0.388 e. The molecule has 27 heavy (non-hydrogen) atoms. The second-order valence-electron chi connectivity index (χ2n) is 7.01. The van der Waals surface area contributed by atoms with E-state index in [9.17, 15) is 9.90 Å². The maximum Gasteiger partial charge on any atom is 0.266 e. The third-order valence-electron chi connectivity index (χ3n) is 4.98. The monoisotopic (exact) mass is 445 g/mol. The van der Waals surface area contributed by atoms with E-state index in [1.165, 1.54) is 22.1 Å². The molecule has 3 aromatic rings. The van der Waals surface area contributed by atoms with E-state index in [4.69, 9.17) is 0 Å². The first-order valence-corrected chi connectivity index (χ1v) is 10.7. The van der Waals surface area contributed by atoms with Gasteiger partial charge in [-0.05, 0) is 34.8 Å². The molecular formula is C20H20BrN3O2S. The van der Waals surface area contributed by atoms with Crippen LogP contribution >= 0.6 is 27.3 Å². The molecule has 1 aromatic carbocycles. The average molecular weight is 446 g/mol. The van der Waals surface area contributed by atoms with Crippen LogP contribution in [0.5, 0.6) is 0 Å². The number of nitrogens with zero attached hydrogens (tertiary/aromatic N) is 3. The van der Waals surface area contributed by atoms with E-state index in [1.54, 1.807) is 6.07 Å². The molecule has 140 valence electrons. The lowest BCUT2D eigenvalue weighted by Crippen LogP contribution is -2.40. The van der Waals surface area contributed by atoms with Crippen molar-refractivity contribution in [3.8, 4) is 21.8 Å². The van der Waals surface area contributed by atoms with Gasteiger partial charge < -0.3 is 5.11 Å². The number of thiazole rings is 1. The third-order valence-corrected chi connectivity index (χ3v) is 6.51. The molecule has 0 bridgehead atoms. The van der Waals surface area contributed by atoms with Crippen LogP contribution in [0.4, 0.5) is 0 Å². The predicted molar refractivity (Wildman–Crippen MR) is 111 cm³/mol. The van der Waals surface area contributed by atoms with Gasteiger partial charge in [0.15, 0.2) is 3.92 Å². The van der Waals surface area contributed by atoms with E-state index in [1.807, 2.05) is 30.3 Å². The average Bonchev–Trinajstić information content (AvgIpc) is 3.06. The molecule has 0 amide bonds. The predicted octanol–water partition coefficient (Wildman–Crippen LogP) is 4.49. The summed E-state index contributed by atoms with van der Waals surface area (Å²) in [5, 5.41) is 15.4. The second kappa shape index (κ2) is 7.66. The molecule has 0 atom stereocenters. The van der Waals surface area contributed by atoms with Crippen molar-refractivity contribution in [1.29, 1.82) is 0 Å². The van der Waals surface area contributed by atoms with Gasteiger partial charge in [0, 0.05) is 11.6 Å². The van der Waals surface area contributed by atoms with Crippen molar-refractivity contribution in [3.63, 3.8) is 0 Å². The first kappa shape index (κ1) is 18.5. The second-order valence-corrected chi connectivity index (χ2v) is 9.29. The van der Waals surface area contributed by atoms with Crippen LogP contribution in [-0.2, 0) is 6.54 Å². The maximum absolute atomic E-state index is 12.3. The SMILES string of the molecule is O=c1ccc(-c2sc(Br)nc2-c2ccccc2)nn1CC1(O)CCCCC1. The number of aromatic nitrogens is 3. The zero-order chi connectivity index (χ0) is 18.9. The standard InChI is InChI=1S/C20H20BrN3O2S/c21-19-22-17(14-7-3-1-4-8-14)18(27-19)15-9-10-16(25)24(23-15)13-20(26)11-5-2-6-12-20/h1,3-4,7-10,26H,2,5-6,11-13H2. The minimum Gasteiger partial charge on any atom is -0.388 e. The molecule has 1 N–H and O–H groups in total. The number of rotatable bonds is 4. The number of halogens is 1. The van der Waals surface area contributed by atoms with Crippen LogP contribution in [0.1, 0.15) is 32.1 Å². The zero-order valence-corrected chi connectivity index (χ0v) is 17.2. The molecule has 4 rings (SSSR count). The molecule has 5 nitrogen and oxygen atoms in total. The number of benzene rings is 1. The van der Waals surface area contributed by atoms with Crippen molar-refractivity contribution in [2.45, 2.75) is 44.2 Å². The van der Waals surface area contributed by atoms with Crippen molar-refractivity contribution >= 4 is 27.3 Å². The van der Waals surface area contributed by atoms with E-state index >= 15 is 0 Å². The van der Waals surface area contributed by atoms with Gasteiger partial charge in [-0.2, -0.15) is 5.10 Å². The summed E-state index contributed by atoms with van der Waals surface area (Å²) in [7, 11) is 0. The molecule has 0 saturated heterocycles. The molecule has 1 fully saturated rings. The highest BCUT2D eigenvalue weighted by Gasteiger charge is 2.30. The van der Waals surface area contributed by atoms with Crippen LogP contribution in [-0.4, -0.2) is 25.5 Å². The lowest BCUT2D eigenvalue weighted by molar-refractivity contribution is -0.0153. The Morgan fingerprint density at radius 2 is 1.85 bits per heavy atom. The highest BCUT2D eigenvalue weighted by atomic mass is 79.9. The summed E-state index contributed by atoms with van der Waals surface area (Å²) < 4.78 is 2.17. The summed E-state index contributed by atoms with van der Waals surface area (Å²) in [6.07, 6.45) is 4.55. The highest BCUT2D eigenvalue weighted by molar-refractivity contribution is 9.11. The lowest BCUT2D eigenvalue weighted by atomic mass is 9.85. The zero-order valence-electron chi connectivity index (χ0n) is 14.8. The van der Waals surface area contributed by atoms with Crippen molar-refractivity contribution in [2.75, 3.05) is 0 Å². The van der Waals surface area contributed by atoms with Crippen LogP contribution in [0.2, 0.25) is 0 Å². The first-order valence-electron chi connectivity index (χ1n) is 9.07. The fraction of sp³-hybridized carbons (Fsp3) is 0.350. The van der Waals surface area contributed by atoms with Crippen molar-refractivity contribution in [3.05, 3.63) is 56.7 Å². The Bertz CT molecular complexity index is 994. The van der Waals surface area contributed by atoms with Crippen LogP contribution in [0.25, 0.3) is 21.8 Å². The third kappa shape index (κ3) is 4.05. The Morgan fingerprint density at radius 3 is 2.59 bits per heavy atom. The van der Waals surface area contributed by atoms with E-state index in [0.29, 0.717) is 18.5 Å². The molecule has 0 spiro atoms. The Hall–Kier alpha value is -1.83. The Morgan fingerprint density at radius 1 is 1.11 bits per heavy atom. The van der Waals surface area contributed by atoms with Gasteiger partial charge >= 0.3 is 0 Å². The molecular weight excluding hydrogens is 426 g/mol.